The Labute approximate surface area is 208 Å². The van der Waals surface area contributed by atoms with Crippen molar-refractivity contribution < 1.29 is 14.6 Å². The van der Waals surface area contributed by atoms with E-state index in [9.17, 15) is 9.90 Å². The highest BCUT2D eigenvalue weighted by molar-refractivity contribution is 5.82. The zero-order valence-electron chi connectivity index (χ0n) is 23.3. The van der Waals surface area contributed by atoms with E-state index in [1.165, 1.54) is 24.8 Å². The average molecular weight is 471 g/mol. The molecule has 0 saturated heterocycles. The molecule has 3 nitrogen and oxygen atoms in total. The van der Waals surface area contributed by atoms with Crippen LogP contribution in [0.1, 0.15) is 119 Å². The van der Waals surface area contributed by atoms with E-state index >= 15 is 0 Å². The summed E-state index contributed by atoms with van der Waals surface area (Å²) >= 11 is 0. The Morgan fingerprint density at radius 2 is 1.50 bits per heavy atom. The largest absolute Gasteiger partial charge is 0.468 e. The van der Waals surface area contributed by atoms with Gasteiger partial charge in [0.1, 0.15) is 0 Å². The quantitative estimate of drug-likeness (QED) is 0.319. The van der Waals surface area contributed by atoms with E-state index in [4.69, 9.17) is 4.74 Å². The minimum Gasteiger partial charge on any atom is -0.468 e. The molecule has 4 saturated carbocycles. The summed E-state index contributed by atoms with van der Waals surface area (Å²) in [5, 5.41) is 10.9. The standard InChI is InChI=1S/C31H50O3/c1-26(2)15-17-31(25(33)34-8)18-16-29(6)20(21(31)19-26)9-10-23-28(5)13-12-24(32)27(3,4)22(28)11-14-30(23,29)7/h22-24,32H,9-19H2,1-8H3/t22?,23?,24-,28-,29+,30+,31-/m0/s1. The van der Waals surface area contributed by atoms with Gasteiger partial charge >= 0.3 is 5.97 Å². The fourth-order valence-corrected chi connectivity index (χ4v) is 10.8. The van der Waals surface area contributed by atoms with Crippen LogP contribution in [0.4, 0.5) is 0 Å². The summed E-state index contributed by atoms with van der Waals surface area (Å²) < 4.78 is 5.49. The third-order valence-electron chi connectivity index (χ3n) is 13.1. The van der Waals surface area contributed by atoms with Crippen LogP contribution in [0.5, 0.6) is 0 Å². The van der Waals surface area contributed by atoms with Gasteiger partial charge in [0.2, 0.25) is 0 Å². The van der Waals surface area contributed by atoms with Gasteiger partial charge < -0.3 is 9.84 Å². The van der Waals surface area contributed by atoms with Gasteiger partial charge in [-0.3, -0.25) is 4.79 Å². The number of rotatable bonds is 1. The monoisotopic (exact) mass is 470 g/mol. The molecule has 0 aromatic carbocycles. The van der Waals surface area contributed by atoms with Crippen LogP contribution in [0.3, 0.4) is 0 Å². The molecule has 192 valence electrons. The first kappa shape index (κ1) is 24.8. The molecule has 0 radical (unpaired) electrons. The van der Waals surface area contributed by atoms with Gasteiger partial charge in [0.05, 0.1) is 18.6 Å². The molecule has 0 spiro atoms. The third-order valence-corrected chi connectivity index (χ3v) is 13.1. The molecule has 5 aliphatic carbocycles. The van der Waals surface area contributed by atoms with Crippen molar-refractivity contribution in [2.75, 3.05) is 7.11 Å². The van der Waals surface area contributed by atoms with Gasteiger partial charge in [0.15, 0.2) is 0 Å². The van der Waals surface area contributed by atoms with Crippen molar-refractivity contribution in [2.45, 2.75) is 125 Å². The summed E-state index contributed by atoms with van der Waals surface area (Å²) in [5.74, 6) is 1.30. The van der Waals surface area contributed by atoms with Crippen LogP contribution < -0.4 is 0 Å². The van der Waals surface area contributed by atoms with Gasteiger partial charge in [0, 0.05) is 0 Å². The Hall–Kier alpha value is -0.830. The van der Waals surface area contributed by atoms with Crippen molar-refractivity contribution in [1.82, 2.24) is 0 Å². The summed E-state index contributed by atoms with van der Waals surface area (Å²) in [6.45, 7) is 17.2. The van der Waals surface area contributed by atoms with Gasteiger partial charge in [0.25, 0.3) is 0 Å². The summed E-state index contributed by atoms with van der Waals surface area (Å²) in [5.41, 5.74) is 3.70. The number of hydrogen-bond donors (Lipinski definition) is 1. The molecule has 34 heavy (non-hydrogen) atoms. The number of esters is 1. The van der Waals surface area contributed by atoms with E-state index in [0.29, 0.717) is 11.8 Å². The molecule has 1 N–H and O–H groups in total. The van der Waals surface area contributed by atoms with Crippen LogP contribution in [0, 0.1) is 44.3 Å². The minimum atomic E-state index is -0.375. The molecular weight excluding hydrogens is 420 g/mol. The summed E-state index contributed by atoms with van der Waals surface area (Å²) in [7, 11) is 1.59. The normalized spacial score (nSPS) is 49.3. The predicted octanol–water partition coefficient (Wildman–Crippen LogP) is 7.47. The van der Waals surface area contributed by atoms with E-state index in [0.717, 1.165) is 51.4 Å². The predicted molar refractivity (Wildman–Crippen MR) is 137 cm³/mol. The van der Waals surface area contributed by atoms with Crippen molar-refractivity contribution in [3.05, 3.63) is 11.1 Å². The van der Waals surface area contributed by atoms with Gasteiger partial charge in [-0.15, -0.1) is 0 Å². The summed E-state index contributed by atoms with van der Waals surface area (Å²) in [6, 6.07) is 0. The number of hydrogen-bond acceptors (Lipinski definition) is 3. The molecule has 2 unspecified atom stereocenters. The Bertz CT molecular complexity index is 914. The zero-order chi connectivity index (χ0) is 24.9. The van der Waals surface area contributed by atoms with Crippen LogP contribution in [0.2, 0.25) is 0 Å². The second-order valence-corrected chi connectivity index (χ2v) is 15.2. The van der Waals surface area contributed by atoms with Crippen molar-refractivity contribution >= 4 is 5.97 Å². The minimum absolute atomic E-state index is 0.00598. The second kappa shape index (κ2) is 7.36. The number of carbonyl (C=O) groups excluding carboxylic acids is 1. The zero-order valence-corrected chi connectivity index (χ0v) is 23.3. The number of allylic oxidation sites excluding steroid dienone is 1. The smallest absolute Gasteiger partial charge is 0.315 e. The first-order valence-corrected chi connectivity index (χ1v) is 14.2. The number of methoxy groups -OCH3 is 1. The molecule has 5 aliphatic rings. The Balaban J connectivity index is 1.62. The Morgan fingerprint density at radius 3 is 2.18 bits per heavy atom. The lowest BCUT2D eigenvalue weighted by molar-refractivity contribution is -0.205. The third kappa shape index (κ3) is 2.94. The number of aliphatic hydroxyl groups excluding tert-OH is 1. The topological polar surface area (TPSA) is 46.5 Å². The van der Waals surface area contributed by atoms with Crippen molar-refractivity contribution in [3.63, 3.8) is 0 Å². The highest BCUT2D eigenvalue weighted by Gasteiger charge is 2.68. The van der Waals surface area contributed by atoms with Crippen LogP contribution in [0.25, 0.3) is 0 Å². The first-order chi connectivity index (χ1) is 15.7. The van der Waals surface area contributed by atoms with Crippen LogP contribution in [0.15, 0.2) is 11.1 Å². The van der Waals surface area contributed by atoms with Crippen molar-refractivity contribution in [3.8, 4) is 0 Å². The maximum absolute atomic E-state index is 13.3. The lowest BCUT2D eigenvalue weighted by Crippen LogP contribution is -2.64. The van der Waals surface area contributed by atoms with E-state index in [1.54, 1.807) is 12.7 Å². The van der Waals surface area contributed by atoms with Crippen molar-refractivity contribution in [2.24, 2.45) is 44.3 Å². The molecule has 0 aromatic rings. The van der Waals surface area contributed by atoms with Gasteiger partial charge in [-0.05, 0) is 110 Å². The summed E-state index contributed by atoms with van der Waals surface area (Å²) in [6.07, 6.45) is 11.9. The fraction of sp³-hybridized carbons (Fsp3) is 0.903. The molecule has 0 amide bonds. The molecule has 3 heteroatoms. The number of aliphatic hydroxyl groups is 1. The SMILES string of the molecule is COC(=O)[C@]12CCC(C)(C)CC1=C1CCC3[C@@]4(C)CC[C@H](O)C(C)(C)C4CC[C@@]3(C)[C@]1(C)CC2. The van der Waals surface area contributed by atoms with Crippen molar-refractivity contribution in [1.29, 1.82) is 0 Å². The maximum Gasteiger partial charge on any atom is 0.315 e. The molecule has 0 heterocycles. The lowest BCUT2D eigenvalue weighted by Gasteiger charge is -2.71. The molecule has 0 aromatic heterocycles. The second-order valence-electron chi connectivity index (χ2n) is 15.2. The van der Waals surface area contributed by atoms with E-state index in [-0.39, 0.29) is 44.6 Å². The number of carbonyl (C=O) groups is 1. The van der Waals surface area contributed by atoms with E-state index < -0.39 is 0 Å². The van der Waals surface area contributed by atoms with Crippen LogP contribution >= 0.6 is 0 Å². The average Bonchev–Trinajstić information content (AvgIpc) is 2.76. The van der Waals surface area contributed by atoms with Crippen LogP contribution in [-0.2, 0) is 9.53 Å². The number of fused-ring (bicyclic) bond motifs is 6. The molecular formula is C31H50O3. The maximum atomic E-state index is 13.3. The van der Waals surface area contributed by atoms with E-state index in [1.807, 2.05) is 0 Å². The Kier molecular flexibility index (Phi) is 5.38. The summed E-state index contributed by atoms with van der Waals surface area (Å²) in [4.78, 5) is 13.3. The molecule has 5 rings (SSSR count). The Morgan fingerprint density at radius 1 is 0.824 bits per heavy atom. The van der Waals surface area contributed by atoms with Gasteiger partial charge in [-0.1, -0.05) is 59.6 Å². The fourth-order valence-electron chi connectivity index (χ4n) is 10.8. The number of ether oxygens (including phenoxy) is 1. The highest BCUT2D eigenvalue weighted by atomic mass is 16.5. The molecule has 0 bridgehead atoms. The van der Waals surface area contributed by atoms with Gasteiger partial charge in [-0.25, -0.2) is 0 Å². The molecule has 4 fully saturated rings. The molecule has 7 atom stereocenters. The van der Waals surface area contributed by atoms with E-state index in [2.05, 4.69) is 48.5 Å². The molecule has 0 aliphatic heterocycles. The van der Waals surface area contributed by atoms with Crippen LogP contribution in [-0.4, -0.2) is 24.3 Å². The first-order valence-electron chi connectivity index (χ1n) is 14.2. The highest BCUT2D eigenvalue weighted by Crippen LogP contribution is 2.75. The van der Waals surface area contributed by atoms with Gasteiger partial charge in [-0.2, -0.15) is 0 Å². The lowest BCUT2D eigenvalue weighted by atomic mass is 9.34.